The molecule has 2 aromatic rings. The van der Waals surface area contributed by atoms with Gasteiger partial charge in [0.2, 0.25) is 0 Å². The van der Waals surface area contributed by atoms with E-state index in [0.29, 0.717) is 18.3 Å². The van der Waals surface area contributed by atoms with Gasteiger partial charge in [-0.3, -0.25) is 9.78 Å². The Morgan fingerprint density at radius 2 is 2.17 bits per heavy atom. The molecule has 1 aliphatic rings. The number of aryl methyl sites for hydroxylation is 1. The second-order valence-corrected chi connectivity index (χ2v) is 5.86. The third-order valence-electron chi connectivity index (χ3n) is 4.22. The van der Waals surface area contributed by atoms with Crippen molar-refractivity contribution in [3.8, 4) is 0 Å². The third kappa shape index (κ3) is 2.65. The van der Waals surface area contributed by atoms with Crippen LogP contribution in [0.25, 0.3) is 12.4 Å². The molecule has 3 heterocycles. The second kappa shape index (κ2) is 5.61. The van der Waals surface area contributed by atoms with Crippen LogP contribution in [-0.2, 0) is 6.42 Å². The van der Waals surface area contributed by atoms with Gasteiger partial charge in [-0.2, -0.15) is 0 Å². The van der Waals surface area contributed by atoms with E-state index in [1.54, 1.807) is 4.90 Å². The molecular weight excluding hydrogens is 295 g/mol. The molecule has 1 N–H and O–H groups in total. The first-order valence-corrected chi connectivity index (χ1v) is 7.57. The van der Waals surface area contributed by atoms with Crippen LogP contribution in [0.2, 0.25) is 0 Å². The maximum absolute atomic E-state index is 13.4. The van der Waals surface area contributed by atoms with Crippen molar-refractivity contribution in [1.82, 2.24) is 19.9 Å². The number of carbonyl (C=O) groups excluding carboxylic acids is 1. The van der Waals surface area contributed by atoms with Gasteiger partial charge in [0.1, 0.15) is 11.2 Å². The van der Waals surface area contributed by atoms with Crippen molar-refractivity contribution < 1.29 is 9.18 Å². The Hall–Kier alpha value is -2.50. The Kier molecular flexibility index (Phi) is 3.75. The molecule has 5 nitrogen and oxygen atoms in total. The number of rotatable bonds is 1. The number of fused-ring (bicyclic) bond motifs is 1. The van der Waals surface area contributed by atoms with E-state index in [1.807, 2.05) is 26.0 Å². The van der Waals surface area contributed by atoms with Gasteiger partial charge < -0.3 is 9.88 Å². The molecule has 120 valence electrons. The maximum Gasteiger partial charge on any atom is 0.290 e. The van der Waals surface area contributed by atoms with Gasteiger partial charge in [-0.05, 0) is 32.4 Å². The van der Waals surface area contributed by atoms with Crippen molar-refractivity contribution in [2.75, 3.05) is 6.54 Å². The van der Waals surface area contributed by atoms with Crippen LogP contribution in [0, 0.1) is 6.92 Å². The zero-order chi connectivity index (χ0) is 16.7. The molecule has 0 spiro atoms. The average Bonchev–Trinajstić information content (AvgIpc) is 2.89. The topological polar surface area (TPSA) is 61.9 Å². The van der Waals surface area contributed by atoms with Crippen LogP contribution in [0.15, 0.2) is 12.1 Å². The predicted octanol–water partition coefficient (Wildman–Crippen LogP) is 1.38. The van der Waals surface area contributed by atoms with Gasteiger partial charge in [0.05, 0.1) is 11.4 Å². The summed E-state index contributed by atoms with van der Waals surface area (Å²) in [5, 5.41) is 0.423. The summed E-state index contributed by atoms with van der Waals surface area (Å²) in [4.78, 5) is 25.8. The molecule has 2 aromatic heterocycles. The first kappa shape index (κ1) is 15.4. The lowest BCUT2D eigenvalue weighted by Crippen LogP contribution is -2.40. The number of nitrogens with one attached hydrogen (secondary N) is 1. The van der Waals surface area contributed by atoms with E-state index in [9.17, 15) is 9.18 Å². The smallest absolute Gasteiger partial charge is 0.290 e. The van der Waals surface area contributed by atoms with Gasteiger partial charge in [-0.25, -0.2) is 9.37 Å². The molecule has 6 heteroatoms. The van der Waals surface area contributed by atoms with Crippen LogP contribution in [0.1, 0.15) is 47.5 Å². The Balaban J connectivity index is 1.95. The van der Waals surface area contributed by atoms with Crippen molar-refractivity contribution in [3.05, 3.63) is 45.6 Å². The number of hydrogen-bond acceptors (Lipinski definition) is 3. The minimum absolute atomic E-state index is 0.100. The van der Waals surface area contributed by atoms with E-state index in [4.69, 9.17) is 0 Å². The number of aromatic nitrogens is 3. The number of pyridine rings is 1. The summed E-state index contributed by atoms with van der Waals surface area (Å²) in [5.74, 6) is -0.583. The van der Waals surface area contributed by atoms with Gasteiger partial charge in [0.15, 0.2) is 5.82 Å². The molecule has 0 radical (unpaired) electrons. The lowest BCUT2D eigenvalue weighted by molar-refractivity contribution is 0.0664. The molecule has 1 aliphatic heterocycles. The molecule has 0 aromatic carbocycles. The van der Waals surface area contributed by atoms with E-state index < -0.39 is 5.83 Å². The fraction of sp³-hybridized carbons (Fsp3) is 0.353. The highest BCUT2D eigenvalue weighted by molar-refractivity contribution is 5.91. The monoisotopic (exact) mass is 314 g/mol. The summed E-state index contributed by atoms with van der Waals surface area (Å²) in [6, 6.07) is 3.86. The number of amides is 1. The van der Waals surface area contributed by atoms with Crippen LogP contribution in [0.4, 0.5) is 4.39 Å². The highest BCUT2D eigenvalue weighted by Crippen LogP contribution is 2.29. The molecule has 1 atom stereocenters. The highest BCUT2D eigenvalue weighted by atomic mass is 19.1. The summed E-state index contributed by atoms with van der Waals surface area (Å²) in [6.07, 6.45) is 0.701. The van der Waals surface area contributed by atoms with Crippen LogP contribution >= 0.6 is 0 Å². The minimum Gasteiger partial charge on any atom is -0.334 e. The largest absolute Gasteiger partial charge is 0.334 e. The first-order chi connectivity index (χ1) is 10.9. The number of halogens is 1. The second-order valence-electron chi connectivity index (χ2n) is 5.86. The molecule has 1 unspecified atom stereocenters. The first-order valence-electron chi connectivity index (χ1n) is 7.57. The van der Waals surface area contributed by atoms with E-state index in [2.05, 4.69) is 21.5 Å². The van der Waals surface area contributed by atoms with Crippen LogP contribution in [-0.4, -0.2) is 32.3 Å². The van der Waals surface area contributed by atoms with Gasteiger partial charge in [-0.1, -0.05) is 12.6 Å². The van der Waals surface area contributed by atoms with Crippen molar-refractivity contribution >= 4 is 18.3 Å². The summed E-state index contributed by atoms with van der Waals surface area (Å²) in [5.41, 5.74) is 3.06. The summed E-state index contributed by atoms with van der Waals surface area (Å²) in [7, 11) is 0. The molecule has 0 fully saturated rings. The maximum atomic E-state index is 13.4. The van der Waals surface area contributed by atoms with Crippen molar-refractivity contribution in [2.24, 2.45) is 0 Å². The standard InChI is InChI=1S/C17H19FN4O/c1-9-5-6-13-12(4)22(8-7-14(13)19-9)17(23)16-20-11(3)15(21-16)10(2)18/h5-6,12H,3,7-8H2,1-2,4H3,(H,20,21)/b15-10-. The predicted molar refractivity (Wildman–Crippen MR) is 85.7 cm³/mol. The summed E-state index contributed by atoms with van der Waals surface area (Å²) < 4.78 is 13.4. The molecule has 23 heavy (non-hydrogen) atoms. The zero-order valence-electron chi connectivity index (χ0n) is 13.5. The van der Waals surface area contributed by atoms with Crippen molar-refractivity contribution in [3.63, 3.8) is 0 Å². The Morgan fingerprint density at radius 3 is 2.83 bits per heavy atom. The molecule has 1 amide bonds. The number of nitrogens with zero attached hydrogens (tertiary/aromatic N) is 3. The molecule has 3 rings (SSSR count). The SMILES string of the molecule is C=c1[nH]c(C(=O)N2CCc3nc(C)ccc3C2C)n/c1=C(/C)F. The third-order valence-corrected chi connectivity index (χ3v) is 4.22. The van der Waals surface area contributed by atoms with Crippen molar-refractivity contribution in [1.29, 1.82) is 0 Å². The van der Waals surface area contributed by atoms with Crippen LogP contribution < -0.4 is 10.7 Å². The fourth-order valence-electron chi connectivity index (χ4n) is 3.00. The fourth-order valence-corrected chi connectivity index (χ4v) is 3.00. The van der Waals surface area contributed by atoms with Crippen molar-refractivity contribution in [2.45, 2.75) is 33.2 Å². The lowest BCUT2D eigenvalue weighted by Gasteiger charge is -2.34. The molecule has 0 aliphatic carbocycles. The van der Waals surface area contributed by atoms with Crippen LogP contribution in [0.3, 0.4) is 0 Å². The number of carbonyl (C=O) groups is 1. The Bertz CT molecular complexity index is 882. The molecule has 0 saturated heterocycles. The van der Waals surface area contributed by atoms with E-state index in [0.717, 1.165) is 17.0 Å². The number of H-pyrrole nitrogens is 1. The van der Waals surface area contributed by atoms with E-state index in [-0.39, 0.29) is 23.1 Å². The summed E-state index contributed by atoms with van der Waals surface area (Å²) >= 11 is 0. The van der Waals surface area contributed by atoms with Gasteiger partial charge in [0, 0.05) is 24.4 Å². The minimum atomic E-state index is -0.456. The zero-order valence-corrected chi connectivity index (χ0v) is 13.5. The molecule has 0 bridgehead atoms. The lowest BCUT2D eigenvalue weighted by atomic mass is 9.97. The van der Waals surface area contributed by atoms with Gasteiger partial charge in [-0.15, -0.1) is 0 Å². The van der Waals surface area contributed by atoms with Gasteiger partial charge in [0.25, 0.3) is 5.91 Å². The molecule has 0 saturated carbocycles. The van der Waals surface area contributed by atoms with Gasteiger partial charge >= 0.3 is 0 Å². The quantitative estimate of drug-likeness (QED) is 0.865. The number of aromatic amines is 1. The normalized spacial score (nSPS) is 18.6. The molecular formula is C17H19FN4O. The van der Waals surface area contributed by atoms with E-state index >= 15 is 0 Å². The Morgan fingerprint density at radius 1 is 1.43 bits per heavy atom. The number of hydrogen-bond donors (Lipinski definition) is 1. The number of imidazole rings is 1. The highest BCUT2D eigenvalue weighted by Gasteiger charge is 2.30. The van der Waals surface area contributed by atoms with E-state index in [1.165, 1.54) is 6.92 Å². The van der Waals surface area contributed by atoms with Crippen LogP contribution in [0.5, 0.6) is 0 Å². The summed E-state index contributed by atoms with van der Waals surface area (Å²) in [6.45, 7) is 9.48. The average molecular weight is 314 g/mol. The Labute approximate surface area is 133 Å².